The highest BCUT2D eigenvalue weighted by Gasteiger charge is 2.32. The summed E-state index contributed by atoms with van der Waals surface area (Å²) in [5, 5.41) is 11.3. The summed E-state index contributed by atoms with van der Waals surface area (Å²) < 4.78 is 5.02. The first-order valence-corrected chi connectivity index (χ1v) is 6.96. The van der Waals surface area contributed by atoms with E-state index in [-0.39, 0.29) is 29.2 Å². The van der Waals surface area contributed by atoms with Crippen LogP contribution in [0.4, 0.5) is 17.3 Å². The van der Waals surface area contributed by atoms with Gasteiger partial charge in [-0.1, -0.05) is 0 Å². The standard InChI is InChI=1S/C12H18N6O4/c1-2-22-12(19)8-4-3-5-17(6-8)11-9(18(20)21)10(16-13)14-7-15-11/h7-8H,2-6,13H2,1H3,(H,14,15,16). The van der Waals surface area contributed by atoms with Crippen LogP contribution in [0.5, 0.6) is 0 Å². The third kappa shape index (κ3) is 3.22. The second-order valence-electron chi connectivity index (χ2n) is 4.83. The Morgan fingerprint density at radius 1 is 1.64 bits per heavy atom. The summed E-state index contributed by atoms with van der Waals surface area (Å²) >= 11 is 0. The lowest BCUT2D eigenvalue weighted by Gasteiger charge is -2.31. The van der Waals surface area contributed by atoms with Crippen molar-refractivity contribution in [2.75, 3.05) is 30.0 Å². The molecule has 1 aliphatic heterocycles. The maximum Gasteiger partial charge on any atom is 0.354 e. The van der Waals surface area contributed by atoms with E-state index in [1.807, 2.05) is 0 Å². The summed E-state index contributed by atoms with van der Waals surface area (Å²) in [5.41, 5.74) is 1.90. The number of hydrogen-bond donors (Lipinski definition) is 2. The average molecular weight is 310 g/mol. The Bertz CT molecular complexity index is 567. The van der Waals surface area contributed by atoms with Gasteiger partial charge in [0.15, 0.2) is 0 Å². The number of esters is 1. The largest absolute Gasteiger partial charge is 0.466 e. The van der Waals surface area contributed by atoms with Crippen LogP contribution in [0.3, 0.4) is 0 Å². The van der Waals surface area contributed by atoms with E-state index < -0.39 is 4.92 Å². The van der Waals surface area contributed by atoms with Crippen LogP contribution < -0.4 is 16.2 Å². The van der Waals surface area contributed by atoms with Crippen LogP contribution in [0.1, 0.15) is 19.8 Å². The Morgan fingerprint density at radius 2 is 2.41 bits per heavy atom. The van der Waals surface area contributed by atoms with Gasteiger partial charge >= 0.3 is 11.7 Å². The number of nitrogens with one attached hydrogen (secondary N) is 1. The summed E-state index contributed by atoms with van der Waals surface area (Å²) in [6.07, 6.45) is 2.61. The van der Waals surface area contributed by atoms with Crippen LogP contribution in [0, 0.1) is 16.0 Å². The summed E-state index contributed by atoms with van der Waals surface area (Å²) in [4.78, 5) is 32.0. The lowest BCUT2D eigenvalue weighted by molar-refractivity contribution is -0.383. The zero-order valence-electron chi connectivity index (χ0n) is 12.2. The zero-order valence-corrected chi connectivity index (χ0v) is 12.2. The van der Waals surface area contributed by atoms with E-state index in [0.29, 0.717) is 26.1 Å². The molecule has 1 atom stereocenters. The third-order valence-electron chi connectivity index (χ3n) is 3.46. The molecule has 0 spiro atoms. The number of nitrogens with two attached hydrogens (primary N) is 1. The van der Waals surface area contributed by atoms with E-state index in [9.17, 15) is 14.9 Å². The minimum absolute atomic E-state index is 0.0618. The Labute approximate surface area is 126 Å². The molecule has 1 saturated heterocycles. The van der Waals surface area contributed by atoms with Crippen molar-refractivity contribution in [3.05, 3.63) is 16.4 Å². The molecule has 0 bridgehead atoms. The molecule has 1 aromatic heterocycles. The smallest absolute Gasteiger partial charge is 0.354 e. The molecule has 0 saturated carbocycles. The Balaban J connectivity index is 2.27. The lowest BCUT2D eigenvalue weighted by atomic mass is 9.98. The fourth-order valence-electron chi connectivity index (χ4n) is 2.50. The van der Waals surface area contributed by atoms with E-state index >= 15 is 0 Å². The second-order valence-corrected chi connectivity index (χ2v) is 4.83. The second kappa shape index (κ2) is 6.98. The van der Waals surface area contributed by atoms with Crippen LogP contribution in [0.25, 0.3) is 0 Å². The Morgan fingerprint density at radius 3 is 3.05 bits per heavy atom. The molecule has 10 heteroatoms. The first kappa shape index (κ1) is 15.9. The average Bonchev–Trinajstić information content (AvgIpc) is 2.54. The fraction of sp³-hybridized carbons (Fsp3) is 0.583. The topological polar surface area (TPSA) is 137 Å². The number of hydrogen-bond acceptors (Lipinski definition) is 9. The van der Waals surface area contributed by atoms with E-state index in [2.05, 4.69) is 15.4 Å². The number of carbonyl (C=O) groups is 1. The molecule has 2 rings (SSSR count). The maximum absolute atomic E-state index is 11.9. The molecule has 1 aromatic rings. The normalized spacial score (nSPS) is 17.9. The summed E-state index contributed by atoms with van der Waals surface area (Å²) in [6.45, 7) is 2.94. The molecule has 0 amide bonds. The zero-order chi connectivity index (χ0) is 16.1. The quantitative estimate of drug-likeness (QED) is 0.343. The number of nitrogen functional groups attached to an aromatic ring is 1. The van der Waals surface area contributed by atoms with Gasteiger partial charge in [-0.3, -0.25) is 14.9 Å². The van der Waals surface area contributed by atoms with Crippen molar-refractivity contribution in [1.29, 1.82) is 0 Å². The minimum Gasteiger partial charge on any atom is -0.466 e. The van der Waals surface area contributed by atoms with Crippen LogP contribution in [0.15, 0.2) is 6.33 Å². The van der Waals surface area contributed by atoms with Crippen molar-refractivity contribution in [1.82, 2.24) is 9.97 Å². The number of aromatic nitrogens is 2. The van der Waals surface area contributed by atoms with Gasteiger partial charge in [-0.2, -0.15) is 0 Å². The third-order valence-corrected chi connectivity index (χ3v) is 3.46. The van der Waals surface area contributed by atoms with Crippen molar-refractivity contribution in [3.63, 3.8) is 0 Å². The van der Waals surface area contributed by atoms with Crippen molar-refractivity contribution in [2.24, 2.45) is 11.8 Å². The molecule has 0 radical (unpaired) electrons. The highest BCUT2D eigenvalue weighted by atomic mass is 16.6. The highest BCUT2D eigenvalue weighted by molar-refractivity contribution is 5.75. The van der Waals surface area contributed by atoms with Gasteiger partial charge in [0, 0.05) is 13.1 Å². The first-order valence-electron chi connectivity index (χ1n) is 6.96. The molecule has 1 unspecified atom stereocenters. The van der Waals surface area contributed by atoms with Gasteiger partial charge in [-0.25, -0.2) is 15.8 Å². The van der Waals surface area contributed by atoms with Gasteiger partial charge in [0.1, 0.15) is 6.33 Å². The number of rotatable bonds is 5. The molecule has 3 N–H and O–H groups in total. The monoisotopic (exact) mass is 310 g/mol. The Kier molecular flexibility index (Phi) is 5.04. The molecule has 0 aliphatic carbocycles. The number of ether oxygens (including phenoxy) is 1. The van der Waals surface area contributed by atoms with Crippen LogP contribution in [-0.2, 0) is 9.53 Å². The van der Waals surface area contributed by atoms with E-state index in [0.717, 1.165) is 6.42 Å². The van der Waals surface area contributed by atoms with Crippen molar-refractivity contribution in [3.8, 4) is 0 Å². The van der Waals surface area contributed by atoms with E-state index in [1.54, 1.807) is 11.8 Å². The van der Waals surface area contributed by atoms with Crippen molar-refractivity contribution < 1.29 is 14.5 Å². The molecule has 1 fully saturated rings. The molecular weight excluding hydrogens is 292 g/mol. The molecule has 0 aromatic carbocycles. The van der Waals surface area contributed by atoms with Crippen LogP contribution in [0.2, 0.25) is 0 Å². The maximum atomic E-state index is 11.9. The van der Waals surface area contributed by atoms with Gasteiger partial charge in [0.2, 0.25) is 11.6 Å². The van der Waals surface area contributed by atoms with E-state index in [4.69, 9.17) is 10.6 Å². The van der Waals surface area contributed by atoms with Gasteiger partial charge in [0.25, 0.3) is 0 Å². The SMILES string of the molecule is CCOC(=O)C1CCCN(c2ncnc(NN)c2[N+](=O)[O-])C1. The summed E-state index contributed by atoms with van der Waals surface area (Å²) in [5.74, 6) is 4.74. The number of carbonyl (C=O) groups excluding carboxylic acids is 1. The number of nitro groups is 1. The molecular formula is C12H18N6O4. The lowest BCUT2D eigenvalue weighted by Crippen LogP contribution is -2.40. The van der Waals surface area contributed by atoms with Gasteiger partial charge < -0.3 is 15.1 Å². The molecule has 1 aliphatic rings. The van der Waals surface area contributed by atoms with Gasteiger partial charge in [0.05, 0.1) is 17.4 Å². The number of piperidine rings is 1. The minimum atomic E-state index is -0.585. The first-order chi connectivity index (χ1) is 10.6. The van der Waals surface area contributed by atoms with Crippen LogP contribution >= 0.6 is 0 Å². The summed E-state index contributed by atoms with van der Waals surface area (Å²) in [6, 6.07) is 0. The van der Waals surface area contributed by atoms with Crippen molar-refractivity contribution >= 4 is 23.3 Å². The van der Waals surface area contributed by atoms with E-state index in [1.165, 1.54) is 6.33 Å². The number of anilines is 2. The van der Waals surface area contributed by atoms with Crippen LogP contribution in [-0.4, -0.2) is 40.6 Å². The number of nitrogens with zero attached hydrogens (tertiary/aromatic N) is 4. The molecule has 22 heavy (non-hydrogen) atoms. The van der Waals surface area contributed by atoms with Gasteiger partial charge in [-0.15, -0.1) is 0 Å². The molecule has 10 nitrogen and oxygen atoms in total. The van der Waals surface area contributed by atoms with Gasteiger partial charge in [-0.05, 0) is 19.8 Å². The highest BCUT2D eigenvalue weighted by Crippen LogP contribution is 2.33. The molecule has 120 valence electrons. The van der Waals surface area contributed by atoms with Crippen molar-refractivity contribution in [2.45, 2.75) is 19.8 Å². The number of hydrazine groups is 1. The predicted octanol–water partition coefficient (Wildman–Crippen LogP) is 0.450. The predicted molar refractivity (Wildman–Crippen MR) is 78.1 cm³/mol. The summed E-state index contributed by atoms with van der Waals surface area (Å²) in [7, 11) is 0. The Hall–Kier alpha value is -2.49. The fourth-order valence-corrected chi connectivity index (χ4v) is 2.50. The molecule has 2 heterocycles.